The first-order valence-electron chi connectivity index (χ1n) is 5.30. The lowest BCUT2D eigenvalue weighted by atomic mass is 10.2. The molecule has 1 heterocycles. The number of rotatable bonds is 4. The summed E-state index contributed by atoms with van der Waals surface area (Å²) in [6.45, 7) is 2.80. The molecule has 5 heteroatoms. The van der Waals surface area contributed by atoms with Gasteiger partial charge in [0, 0.05) is 30.4 Å². The zero-order chi connectivity index (χ0) is 12.3. The Morgan fingerprint density at radius 2 is 2.06 bits per heavy atom. The Balaban J connectivity index is 1.90. The van der Waals surface area contributed by atoms with Crippen molar-refractivity contribution in [1.82, 2.24) is 15.5 Å². The molecule has 2 rings (SSSR count). The van der Waals surface area contributed by atoms with E-state index in [1.54, 1.807) is 0 Å². The molecule has 0 spiro atoms. The third kappa shape index (κ3) is 3.10. The van der Waals surface area contributed by atoms with E-state index in [-0.39, 0.29) is 0 Å². The van der Waals surface area contributed by atoms with E-state index in [0.717, 1.165) is 17.5 Å². The number of hydrogen-bond acceptors (Lipinski definition) is 2. The predicted octanol–water partition coefficient (Wildman–Crippen LogP) is 2.29. The van der Waals surface area contributed by atoms with Crippen LogP contribution < -0.4 is 5.32 Å². The van der Waals surface area contributed by atoms with Crippen LogP contribution in [0.25, 0.3) is 0 Å². The Hall–Kier alpha value is -1.75. The first kappa shape index (κ1) is 11.7. The van der Waals surface area contributed by atoms with Crippen molar-refractivity contribution < 1.29 is 8.78 Å². The molecule has 0 aliphatic heterocycles. The lowest BCUT2D eigenvalue weighted by Gasteiger charge is -2.04. The van der Waals surface area contributed by atoms with Crippen LogP contribution in [-0.2, 0) is 13.1 Å². The molecule has 0 saturated carbocycles. The molecule has 0 radical (unpaired) electrons. The second-order valence-corrected chi connectivity index (χ2v) is 3.88. The Bertz CT molecular complexity index is 508. The van der Waals surface area contributed by atoms with Gasteiger partial charge in [-0.25, -0.2) is 8.78 Å². The first-order valence-corrected chi connectivity index (χ1v) is 5.30. The van der Waals surface area contributed by atoms with Crippen molar-refractivity contribution in [2.24, 2.45) is 0 Å². The molecule has 0 bridgehead atoms. The summed E-state index contributed by atoms with van der Waals surface area (Å²) in [5.41, 5.74) is 2.29. The van der Waals surface area contributed by atoms with E-state index in [9.17, 15) is 8.78 Å². The molecule has 0 aliphatic rings. The van der Waals surface area contributed by atoms with Crippen LogP contribution in [0.5, 0.6) is 0 Å². The summed E-state index contributed by atoms with van der Waals surface area (Å²) in [6.07, 6.45) is 0. The van der Waals surface area contributed by atoms with Gasteiger partial charge in [0.05, 0.1) is 5.69 Å². The van der Waals surface area contributed by atoms with Gasteiger partial charge in [-0.05, 0) is 19.1 Å². The molecule has 0 unspecified atom stereocenters. The SMILES string of the molecule is Cc1cc(CNCc2ccc(F)cc2F)n[nH]1. The molecular formula is C12H13F2N3. The maximum atomic E-state index is 13.3. The van der Waals surface area contributed by atoms with Crippen molar-refractivity contribution in [3.05, 3.63) is 52.9 Å². The summed E-state index contributed by atoms with van der Waals surface area (Å²) in [5, 5.41) is 9.91. The van der Waals surface area contributed by atoms with Crippen LogP contribution in [0.15, 0.2) is 24.3 Å². The van der Waals surface area contributed by atoms with Crippen molar-refractivity contribution in [1.29, 1.82) is 0 Å². The fourth-order valence-corrected chi connectivity index (χ4v) is 1.56. The Morgan fingerprint density at radius 1 is 1.24 bits per heavy atom. The number of halogens is 2. The fourth-order valence-electron chi connectivity index (χ4n) is 1.56. The van der Waals surface area contributed by atoms with Crippen molar-refractivity contribution in [3.63, 3.8) is 0 Å². The number of aromatic nitrogens is 2. The van der Waals surface area contributed by atoms with Crippen LogP contribution in [0.2, 0.25) is 0 Å². The summed E-state index contributed by atoms with van der Waals surface area (Å²) in [4.78, 5) is 0. The maximum absolute atomic E-state index is 13.3. The average molecular weight is 237 g/mol. The monoisotopic (exact) mass is 237 g/mol. The Morgan fingerprint density at radius 3 is 2.71 bits per heavy atom. The Labute approximate surface area is 97.9 Å². The van der Waals surface area contributed by atoms with Crippen LogP contribution in [-0.4, -0.2) is 10.2 Å². The third-order valence-corrected chi connectivity index (χ3v) is 2.40. The first-order chi connectivity index (χ1) is 8.15. The van der Waals surface area contributed by atoms with Crippen LogP contribution in [0.1, 0.15) is 17.0 Å². The standard InChI is InChI=1S/C12H13F2N3/c1-8-4-11(17-16-8)7-15-6-9-2-3-10(13)5-12(9)14/h2-5,15H,6-7H2,1H3,(H,16,17). The van der Waals surface area contributed by atoms with Crippen LogP contribution >= 0.6 is 0 Å². The molecule has 0 amide bonds. The number of hydrogen-bond donors (Lipinski definition) is 2. The van der Waals surface area contributed by atoms with Gasteiger partial charge in [0.2, 0.25) is 0 Å². The number of H-pyrrole nitrogens is 1. The average Bonchev–Trinajstić information content (AvgIpc) is 2.68. The highest BCUT2D eigenvalue weighted by Gasteiger charge is 2.03. The smallest absolute Gasteiger partial charge is 0.130 e. The van der Waals surface area contributed by atoms with E-state index in [1.165, 1.54) is 12.1 Å². The zero-order valence-corrected chi connectivity index (χ0v) is 9.43. The van der Waals surface area contributed by atoms with Crippen LogP contribution in [0, 0.1) is 18.6 Å². The molecular weight excluding hydrogens is 224 g/mol. The van der Waals surface area contributed by atoms with E-state index in [4.69, 9.17) is 0 Å². The topological polar surface area (TPSA) is 40.7 Å². The molecule has 2 aromatic rings. The van der Waals surface area contributed by atoms with Gasteiger partial charge < -0.3 is 5.32 Å². The molecule has 0 saturated heterocycles. The van der Waals surface area contributed by atoms with Crippen molar-refractivity contribution >= 4 is 0 Å². The number of nitrogens with one attached hydrogen (secondary N) is 2. The minimum atomic E-state index is -0.561. The molecule has 3 nitrogen and oxygen atoms in total. The van der Waals surface area contributed by atoms with Crippen molar-refractivity contribution in [3.8, 4) is 0 Å². The molecule has 1 aromatic carbocycles. The number of benzene rings is 1. The number of nitrogens with zero attached hydrogens (tertiary/aromatic N) is 1. The van der Waals surface area contributed by atoms with E-state index >= 15 is 0 Å². The Kier molecular flexibility index (Phi) is 3.49. The van der Waals surface area contributed by atoms with Gasteiger partial charge in [-0.15, -0.1) is 0 Å². The maximum Gasteiger partial charge on any atom is 0.130 e. The summed E-state index contributed by atoms with van der Waals surface area (Å²) in [5.74, 6) is -1.09. The number of aromatic amines is 1. The minimum absolute atomic E-state index is 0.345. The van der Waals surface area contributed by atoms with Gasteiger partial charge in [0.25, 0.3) is 0 Å². The van der Waals surface area contributed by atoms with Crippen LogP contribution in [0.4, 0.5) is 8.78 Å². The predicted molar refractivity (Wildman–Crippen MR) is 60.2 cm³/mol. The largest absolute Gasteiger partial charge is 0.307 e. The van der Waals surface area contributed by atoms with Crippen molar-refractivity contribution in [2.75, 3.05) is 0 Å². The number of aryl methyl sites for hydroxylation is 1. The molecule has 90 valence electrons. The highest BCUT2D eigenvalue weighted by molar-refractivity contribution is 5.18. The molecule has 17 heavy (non-hydrogen) atoms. The fraction of sp³-hybridized carbons (Fsp3) is 0.250. The van der Waals surface area contributed by atoms with E-state index < -0.39 is 11.6 Å². The molecule has 0 atom stereocenters. The normalized spacial score (nSPS) is 10.8. The highest BCUT2D eigenvalue weighted by Crippen LogP contribution is 2.09. The molecule has 0 aliphatic carbocycles. The van der Waals surface area contributed by atoms with E-state index in [0.29, 0.717) is 18.7 Å². The molecule has 2 N–H and O–H groups in total. The third-order valence-electron chi connectivity index (χ3n) is 2.40. The highest BCUT2D eigenvalue weighted by atomic mass is 19.1. The zero-order valence-electron chi connectivity index (χ0n) is 9.43. The minimum Gasteiger partial charge on any atom is -0.307 e. The van der Waals surface area contributed by atoms with Gasteiger partial charge in [-0.1, -0.05) is 6.07 Å². The molecule has 0 fully saturated rings. The summed E-state index contributed by atoms with van der Waals surface area (Å²) < 4.78 is 25.9. The second-order valence-electron chi connectivity index (χ2n) is 3.88. The quantitative estimate of drug-likeness (QED) is 0.856. The second kappa shape index (κ2) is 5.05. The summed E-state index contributed by atoms with van der Waals surface area (Å²) in [6, 6.07) is 5.48. The van der Waals surface area contributed by atoms with Gasteiger partial charge in [-0.2, -0.15) is 5.10 Å². The lowest BCUT2D eigenvalue weighted by molar-refractivity contribution is 0.559. The van der Waals surface area contributed by atoms with Gasteiger partial charge in [0.15, 0.2) is 0 Å². The van der Waals surface area contributed by atoms with Gasteiger partial charge in [-0.3, -0.25) is 5.10 Å². The lowest BCUT2D eigenvalue weighted by Crippen LogP contribution is -2.14. The summed E-state index contributed by atoms with van der Waals surface area (Å²) >= 11 is 0. The van der Waals surface area contributed by atoms with Crippen LogP contribution in [0.3, 0.4) is 0 Å². The van der Waals surface area contributed by atoms with Gasteiger partial charge >= 0.3 is 0 Å². The molecule has 1 aromatic heterocycles. The van der Waals surface area contributed by atoms with E-state index in [1.807, 2.05) is 13.0 Å². The summed E-state index contributed by atoms with van der Waals surface area (Å²) in [7, 11) is 0. The van der Waals surface area contributed by atoms with Crippen molar-refractivity contribution in [2.45, 2.75) is 20.0 Å². The van der Waals surface area contributed by atoms with Gasteiger partial charge in [0.1, 0.15) is 11.6 Å². The van der Waals surface area contributed by atoms with E-state index in [2.05, 4.69) is 15.5 Å².